The molecule has 0 atom stereocenters. The highest BCUT2D eigenvalue weighted by Crippen LogP contribution is 2.33. The van der Waals surface area contributed by atoms with Gasteiger partial charge in [0.25, 0.3) is 0 Å². The normalized spacial score (nSPS) is 13.2. The van der Waals surface area contributed by atoms with Gasteiger partial charge in [-0.1, -0.05) is 0 Å². The first-order valence-electron chi connectivity index (χ1n) is 3.60. The summed E-state index contributed by atoms with van der Waals surface area (Å²) in [6, 6.07) is 0. The highest BCUT2D eigenvalue weighted by Gasteiger charge is 2.10. The number of ether oxygens (including phenoxy) is 3. The molecule has 0 saturated heterocycles. The van der Waals surface area contributed by atoms with E-state index in [1.165, 1.54) is 0 Å². The van der Waals surface area contributed by atoms with Gasteiger partial charge in [0, 0.05) is 25.0 Å². The van der Waals surface area contributed by atoms with Gasteiger partial charge in [-0.2, -0.15) is 0 Å². The molecule has 0 aliphatic carbocycles. The Balaban J connectivity index is 0.000000213. The van der Waals surface area contributed by atoms with Gasteiger partial charge in [0.05, 0.1) is 0 Å². The van der Waals surface area contributed by atoms with Gasteiger partial charge in [-0.3, -0.25) is 0 Å². The molecule has 1 aliphatic heterocycles. The standard InChI is InChI=1S/C6H6O2S.C2H6O/c1-2-8-6-4-9-3-5(6)7-1;1-3-2/h3-4H,1-2H2;1-2H3. The summed E-state index contributed by atoms with van der Waals surface area (Å²) in [4.78, 5) is 0. The number of fused-ring (bicyclic) bond motifs is 1. The maximum atomic E-state index is 5.25. The first-order valence-corrected chi connectivity index (χ1v) is 4.54. The predicted octanol–water partition coefficient (Wildman–Crippen LogP) is 1.78. The van der Waals surface area contributed by atoms with Crippen molar-refractivity contribution in [3.05, 3.63) is 10.8 Å². The molecule has 0 aromatic carbocycles. The maximum absolute atomic E-state index is 5.25. The zero-order valence-electron chi connectivity index (χ0n) is 7.20. The van der Waals surface area contributed by atoms with Crippen LogP contribution in [0.15, 0.2) is 10.8 Å². The number of hydrogen-bond acceptors (Lipinski definition) is 4. The Morgan fingerprint density at radius 1 is 1.17 bits per heavy atom. The van der Waals surface area contributed by atoms with Crippen LogP contribution in [0.2, 0.25) is 0 Å². The minimum Gasteiger partial charge on any atom is -0.485 e. The Morgan fingerprint density at radius 2 is 1.58 bits per heavy atom. The van der Waals surface area contributed by atoms with Gasteiger partial charge in [-0.05, 0) is 0 Å². The van der Waals surface area contributed by atoms with E-state index in [-0.39, 0.29) is 0 Å². The lowest BCUT2D eigenvalue weighted by Gasteiger charge is -2.13. The molecule has 0 unspecified atom stereocenters. The van der Waals surface area contributed by atoms with Crippen LogP contribution in [-0.2, 0) is 4.74 Å². The molecule has 0 saturated carbocycles. The van der Waals surface area contributed by atoms with E-state index < -0.39 is 0 Å². The molecular formula is C8H12O3S. The topological polar surface area (TPSA) is 27.7 Å². The number of methoxy groups -OCH3 is 1. The molecule has 2 rings (SSSR count). The summed E-state index contributed by atoms with van der Waals surface area (Å²) in [5, 5.41) is 3.91. The SMILES string of the molecule is COC.c1scc2c1OCCO2. The van der Waals surface area contributed by atoms with Crippen LogP contribution in [0.5, 0.6) is 11.5 Å². The van der Waals surface area contributed by atoms with Gasteiger partial charge in [-0.15, -0.1) is 11.3 Å². The number of thiophene rings is 1. The van der Waals surface area contributed by atoms with Crippen molar-refractivity contribution in [1.29, 1.82) is 0 Å². The molecular weight excluding hydrogens is 176 g/mol. The van der Waals surface area contributed by atoms with E-state index in [4.69, 9.17) is 9.47 Å². The number of rotatable bonds is 0. The van der Waals surface area contributed by atoms with E-state index in [1.54, 1.807) is 25.6 Å². The maximum Gasteiger partial charge on any atom is 0.172 e. The Labute approximate surface area is 75.9 Å². The zero-order chi connectivity index (χ0) is 8.81. The largest absolute Gasteiger partial charge is 0.485 e. The van der Waals surface area contributed by atoms with Crippen LogP contribution in [0.1, 0.15) is 0 Å². The summed E-state index contributed by atoms with van der Waals surface area (Å²) in [7, 11) is 3.25. The fourth-order valence-electron chi connectivity index (χ4n) is 0.787. The molecule has 4 heteroatoms. The minimum absolute atomic E-state index is 0.684. The van der Waals surface area contributed by atoms with Crippen molar-refractivity contribution in [2.45, 2.75) is 0 Å². The van der Waals surface area contributed by atoms with E-state index in [9.17, 15) is 0 Å². The molecule has 12 heavy (non-hydrogen) atoms. The van der Waals surface area contributed by atoms with Crippen molar-refractivity contribution in [1.82, 2.24) is 0 Å². The molecule has 0 N–H and O–H groups in total. The molecule has 0 radical (unpaired) electrons. The summed E-state index contributed by atoms with van der Waals surface area (Å²) in [6.45, 7) is 1.37. The van der Waals surface area contributed by atoms with E-state index in [0.717, 1.165) is 11.5 Å². The van der Waals surface area contributed by atoms with Crippen molar-refractivity contribution in [3.8, 4) is 11.5 Å². The highest BCUT2D eigenvalue weighted by molar-refractivity contribution is 7.08. The Bertz CT molecular complexity index is 201. The molecule has 0 spiro atoms. The molecule has 1 aromatic heterocycles. The van der Waals surface area contributed by atoms with Gasteiger partial charge in [-0.25, -0.2) is 0 Å². The smallest absolute Gasteiger partial charge is 0.172 e. The first-order chi connectivity index (χ1) is 5.88. The van der Waals surface area contributed by atoms with E-state index in [1.807, 2.05) is 10.8 Å². The van der Waals surface area contributed by atoms with Crippen LogP contribution in [0, 0.1) is 0 Å². The van der Waals surface area contributed by atoms with Crippen molar-refractivity contribution >= 4 is 11.3 Å². The summed E-state index contributed by atoms with van der Waals surface area (Å²) in [5.74, 6) is 1.79. The van der Waals surface area contributed by atoms with Crippen molar-refractivity contribution in [3.63, 3.8) is 0 Å². The second kappa shape index (κ2) is 5.00. The second-order valence-corrected chi connectivity index (χ2v) is 2.95. The average Bonchev–Trinajstić information content (AvgIpc) is 2.52. The van der Waals surface area contributed by atoms with Crippen LogP contribution in [0.3, 0.4) is 0 Å². The fourth-order valence-corrected chi connectivity index (χ4v) is 1.47. The van der Waals surface area contributed by atoms with Crippen LogP contribution in [0.25, 0.3) is 0 Å². The summed E-state index contributed by atoms with van der Waals surface area (Å²) in [5.41, 5.74) is 0. The summed E-state index contributed by atoms with van der Waals surface area (Å²) in [6.07, 6.45) is 0. The highest BCUT2D eigenvalue weighted by atomic mass is 32.1. The molecule has 68 valence electrons. The third-order valence-electron chi connectivity index (χ3n) is 1.19. The van der Waals surface area contributed by atoms with Gasteiger partial charge in [0.2, 0.25) is 0 Å². The summed E-state index contributed by atoms with van der Waals surface area (Å²) >= 11 is 1.61. The average molecular weight is 188 g/mol. The van der Waals surface area contributed by atoms with Gasteiger partial charge in [0.15, 0.2) is 11.5 Å². The van der Waals surface area contributed by atoms with Gasteiger partial charge in [0.1, 0.15) is 13.2 Å². The Hall–Kier alpha value is -0.740. The zero-order valence-corrected chi connectivity index (χ0v) is 8.02. The Kier molecular flexibility index (Phi) is 3.90. The molecule has 1 aromatic rings. The fraction of sp³-hybridized carbons (Fsp3) is 0.500. The lowest BCUT2D eigenvalue weighted by atomic mass is 10.5. The van der Waals surface area contributed by atoms with Crippen LogP contribution >= 0.6 is 11.3 Å². The van der Waals surface area contributed by atoms with Crippen LogP contribution < -0.4 is 9.47 Å². The van der Waals surface area contributed by atoms with Crippen molar-refractivity contribution in [2.24, 2.45) is 0 Å². The molecule has 2 heterocycles. The van der Waals surface area contributed by atoms with Crippen molar-refractivity contribution in [2.75, 3.05) is 27.4 Å². The monoisotopic (exact) mass is 188 g/mol. The van der Waals surface area contributed by atoms with E-state index >= 15 is 0 Å². The molecule has 0 fully saturated rings. The quantitative estimate of drug-likeness (QED) is 0.621. The third-order valence-corrected chi connectivity index (χ3v) is 1.89. The van der Waals surface area contributed by atoms with E-state index in [0.29, 0.717) is 13.2 Å². The van der Waals surface area contributed by atoms with Crippen LogP contribution in [0.4, 0.5) is 0 Å². The van der Waals surface area contributed by atoms with Gasteiger partial charge < -0.3 is 14.2 Å². The Morgan fingerprint density at radius 3 is 2.00 bits per heavy atom. The predicted molar refractivity (Wildman–Crippen MR) is 48.2 cm³/mol. The molecule has 0 bridgehead atoms. The molecule has 3 nitrogen and oxygen atoms in total. The molecule has 0 amide bonds. The van der Waals surface area contributed by atoms with E-state index in [2.05, 4.69) is 4.74 Å². The number of hydrogen-bond donors (Lipinski definition) is 0. The lowest BCUT2D eigenvalue weighted by molar-refractivity contribution is 0.173. The lowest BCUT2D eigenvalue weighted by Crippen LogP contribution is -2.13. The first kappa shape index (κ1) is 9.35. The summed E-state index contributed by atoms with van der Waals surface area (Å²) < 4.78 is 14.7. The second-order valence-electron chi connectivity index (χ2n) is 2.21. The third kappa shape index (κ3) is 2.39. The van der Waals surface area contributed by atoms with Gasteiger partial charge >= 0.3 is 0 Å². The molecule has 1 aliphatic rings. The van der Waals surface area contributed by atoms with Crippen molar-refractivity contribution < 1.29 is 14.2 Å². The minimum atomic E-state index is 0.684. The van der Waals surface area contributed by atoms with Crippen LogP contribution in [-0.4, -0.2) is 27.4 Å².